The van der Waals surface area contributed by atoms with Gasteiger partial charge in [-0.15, -0.1) is 0 Å². The summed E-state index contributed by atoms with van der Waals surface area (Å²) in [6.07, 6.45) is -6.27. The van der Waals surface area contributed by atoms with E-state index in [1.807, 2.05) is 0 Å². The number of aromatic nitrogens is 2. The molecule has 0 spiro atoms. The number of ether oxygens (including phenoxy) is 1. The van der Waals surface area contributed by atoms with Gasteiger partial charge in [-0.05, 0) is 38.8 Å². The lowest BCUT2D eigenvalue weighted by atomic mass is 10.1. The molecule has 0 fully saturated rings. The summed E-state index contributed by atoms with van der Waals surface area (Å²) in [6, 6.07) is 4.55. The number of pyridine rings is 1. The van der Waals surface area contributed by atoms with Crippen molar-refractivity contribution in [3.8, 4) is 11.8 Å². The van der Waals surface area contributed by atoms with E-state index in [4.69, 9.17) is 16.3 Å². The lowest BCUT2D eigenvalue weighted by molar-refractivity contribution is -0.127. The van der Waals surface area contributed by atoms with E-state index in [9.17, 15) is 18.0 Å². The van der Waals surface area contributed by atoms with Crippen LogP contribution in [0.4, 0.5) is 18.0 Å². The SMILES string of the molecule is CC(C)(C)OC(=O)NCC#Cc1nn2c(Cl)cccc2c1CC(F)(F)F. The standard InChI is InChI=1S/C17H17ClF3N3O2/c1-16(2,3)26-15(25)22-9-5-6-12-11(10-17(19,20)21)13-7-4-8-14(18)24(13)23-12/h4,7-8H,9-10H2,1-3H3,(H,22,25). The van der Waals surface area contributed by atoms with Crippen LogP contribution in [-0.2, 0) is 11.2 Å². The largest absolute Gasteiger partial charge is 0.444 e. The fraction of sp³-hybridized carbons (Fsp3) is 0.412. The first-order valence-electron chi connectivity index (χ1n) is 7.65. The van der Waals surface area contributed by atoms with E-state index in [2.05, 4.69) is 22.3 Å². The third-order valence-electron chi connectivity index (χ3n) is 3.02. The first-order chi connectivity index (χ1) is 12.0. The molecule has 0 aromatic carbocycles. The predicted octanol–water partition coefficient (Wildman–Crippen LogP) is 3.97. The second-order valence-electron chi connectivity index (χ2n) is 6.42. The van der Waals surface area contributed by atoms with Gasteiger partial charge in [0.25, 0.3) is 0 Å². The summed E-state index contributed by atoms with van der Waals surface area (Å²) in [5.41, 5.74) is -0.527. The molecule has 2 heterocycles. The normalized spacial score (nSPS) is 11.8. The number of fused-ring (bicyclic) bond motifs is 1. The Morgan fingerprint density at radius 3 is 2.65 bits per heavy atom. The van der Waals surface area contributed by atoms with E-state index >= 15 is 0 Å². The number of hydrogen-bond donors (Lipinski definition) is 1. The molecule has 2 aromatic heterocycles. The van der Waals surface area contributed by atoms with Gasteiger partial charge >= 0.3 is 12.3 Å². The van der Waals surface area contributed by atoms with Gasteiger partial charge in [-0.1, -0.05) is 23.6 Å². The number of hydrogen-bond acceptors (Lipinski definition) is 3. The van der Waals surface area contributed by atoms with Crippen molar-refractivity contribution in [2.45, 2.75) is 39.0 Å². The molecule has 0 saturated heterocycles. The molecule has 0 aliphatic heterocycles. The molecule has 0 unspecified atom stereocenters. The number of carbonyl (C=O) groups excluding carboxylic acids is 1. The van der Waals surface area contributed by atoms with E-state index in [1.54, 1.807) is 26.8 Å². The Balaban J connectivity index is 2.23. The highest BCUT2D eigenvalue weighted by atomic mass is 35.5. The summed E-state index contributed by atoms with van der Waals surface area (Å²) in [4.78, 5) is 11.5. The predicted molar refractivity (Wildman–Crippen MR) is 91.1 cm³/mol. The fourth-order valence-electron chi connectivity index (χ4n) is 2.12. The van der Waals surface area contributed by atoms with Crippen molar-refractivity contribution in [3.05, 3.63) is 34.6 Å². The third-order valence-corrected chi connectivity index (χ3v) is 3.30. The van der Waals surface area contributed by atoms with Crippen LogP contribution in [0.5, 0.6) is 0 Å². The maximum Gasteiger partial charge on any atom is 0.408 e. The number of nitrogens with one attached hydrogen (secondary N) is 1. The molecule has 0 saturated carbocycles. The molecule has 2 rings (SSSR count). The summed E-state index contributed by atoms with van der Waals surface area (Å²) in [6.45, 7) is 5.04. The Hall–Kier alpha value is -2.40. The van der Waals surface area contributed by atoms with Crippen LogP contribution in [0.25, 0.3) is 5.52 Å². The van der Waals surface area contributed by atoms with Crippen LogP contribution >= 0.6 is 11.6 Å². The zero-order valence-electron chi connectivity index (χ0n) is 14.4. The molecule has 0 bridgehead atoms. The second-order valence-corrected chi connectivity index (χ2v) is 6.81. The molecule has 26 heavy (non-hydrogen) atoms. The van der Waals surface area contributed by atoms with Gasteiger partial charge in [0.15, 0.2) is 0 Å². The lowest BCUT2D eigenvalue weighted by Gasteiger charge is -2.18. The fourth-order valence-corrected chi connectivity index (χ4v) is 2.32. The molecule has 1 N–H and O–H groups in total. The maximum atomic E-state index is 12.9. The van der Waals surface area contributed by atoms with Crippen molar-refractivity contribution < 1.29 is 22.7 Å². The lowest BCUT2D eigenvalue weighted by Crippen LogP contribution is -2.32. The topological polar surface area (TPSA) is 55.6 Å². The van der Waals surface area contributed by atoms with E-state index in [0.717, 1.165) is 0 Å². The summed E-state index contributed by atoms with van der Waals surface area (Å²) in [5, 5.41) is 6.62. The molecule has 2 aromatic rings. The average Bonchev–Trinajstić information content (AvgIpc) is 2.80. The van der Waals surface area contributed by atoms with Crippen molar-refractivity contribution >= 4 is 23.2 Å². The van der Waals surface area contributed by atoms with Crippen LogP contribution in [-0.4, -0.2) is 34.0 Å². The van der Waals surface area contributed by atoms with Crippen molar-refractivity contribution in [2.75, 3.05) is 6.54 Å². The molecule has 0 aliphatic carbocycles. The minimum atomic E-state index is -4.42. The first-order valence-corrected chi connectivity index (χ1v) is 8.03. The average molecular weight is 388 g/mol. The maximum absolute atomic E-state index is 12.9. The van der Waals surface area contributed by atoms with Crippen LogP contribution in [0, 0.1) is 11.8 Å². The Labute approximate surface area is 153 Å². The molecular formula is C17H17ClF3N3O2. The van der Waals surface area contributed by atoms with Crippen molar-refractivity contribution in [2.24, 2.45) is 0 Å². The molecule has 5 nitrogen and oxygen atoms in total. The van der Waals surface area contributed by atoms with Crippen LogP contribution in [0.3, 0.4) is 0 Å². The van der Waals surface area contributed by atoms with Gasteiger partial charge in [0.05, 0.1) is 18.5 Å². The van der Waals surface area contributed by atoms with E-state index in [1.165, 1.54) is 16.6 Å². The van der Waals surface area contributed by atoms with Crippen LogP contribution in [0.15, 0.2) is 18.2 Å². The number of amides is 1. The summed E-state index contributed by atoms with van der Waals surface area (Å²) >= 11 is 5.98. The minimum Gasteiger partial charge on any atom is -0.444 e. The van der Waals surface area contributed by atoms with Gasteiger partial charge < -0.3 is 10.1 Å². The summed E-state index contributed by atoms with van der Waals surface area (Å²) < 4.78 is 44.9. The quantitative estimate of drug-likeness (QED) is 0.626. The van der Waals surface area contributed by atoms with Gasteiger partial charge in [-0.3, -0.25) is 0 Å². The Bertz CT molecular complexity index is 873. The van der Waals surface area contributed by atoms with Gasteiger partial charge in [-0.2, -0.15) is 18.3 Å². The Morgan fingerprint density at radius 1 is 1.35 bits per heavy atom. The van der Waals surface area contributed by atoms with Gasteiger partial charge in [0, 0.05) is 5.56 Å². The third kappa shape index (κ3) is 5.56. The van der Waals surface area contributed by atoms with E-state index < -0.39 is 24.3 Å². The van der Waals surface area contributed by atoms with E-state index in [-0.39, 0.29) is 28.5 Å². The smallest absolute Gasteiger partial charge is 0.408 e. The molecular weight excluding hydrogens is 371 g/mol. The van der Waals surface area contributed by atoms with Crippen LogP contribution in [0.2, 0.25) is 5.15 Å². The summed E-state index contributed by atoms with van der Waals surface area (Å²) in [7, 11) is 0. The second kappa shape index (κ2) is 7.46. The van der Waals surface area contributed by atoms with Crippen molar-refractivity contribution in [1.29, 1.82) is 0 Å². The zero-order chi connectivity index (χ0) is 19.5. The number of carbonyl (C=O) groups is 1. The summed E-state index contributed by atoms with van der Waals surface area (Å²) in [5.74, 6) is 5.14. The van der Waals surface area contributed by atoms with Crippen LogP contribution < -0.4 is 5.32 Å². The Kier molecular flexibility index (Phi) is 5.71. The number of alkyl carbamates (subject to hydrolysis) is 1. The van der Waals surface area contributed by atoms with Crippen LogP contribution in [0.1, 0.15) is 32.0 Å². The first kappa shape index (κ1) is 19.9. The highest BCUT2D eigenvalue weighted by molar-refractivity contribution is 6.29. The number of alkyl halides is 3. The molecule has 0 aliphatic rings. The molecule has 0 radical (unpaired) electrons. The number of halogens is 4. The molecule has 0 atom stereocenters. The van der Waals surface area contributed by atoms with Gasteiger partial charge in [0.2, 0.25) is 0 Å². The molecule has 9 heteroatoms. The van der Waals surface area contributed by atoms with Gasteiger partial charge in [0.1, 0.15) is 16.4 Å². The Morgan fingerprint density at radius 2 is 2.04 bits per heavy atom. The highest BCUT2D eigenvalue weighted by Crippen LogP contribution is 2.27. The highest BCUT2D eigenvalue weighted by Gasteiger charge is 2.31. The van der Waals surface area contributed by atoms with Crippen molar-refractivity contribution in [1.82, 2.24) is 14.9 Å². The monoisotopic (exact) mass is 387 g/mol. The number of nitrogens with zero attached hydrogens (tertiary/aromatic N) is 2. The minimum absolute atomic E-state index is 0.0404. The van der Waals surface area contributed by atoms with Gasteiger partial charge in [-0.25, -0.2) is 9.31 Å². The zero-order valence-corrected chi connectivity index (χ0v) is 15.1. The van der Waals surface area contributed by atoms with Crippen molar-refractivity contribution in [3.63, 3.8) is 0 Å². The van der Waals surface area contributed by atoms with E-state index in [0.29, 0.717) is 0 Å². The number of rotatable bonds is 2. The molecule has 1 amide bonds. The molecule has 140 valence electrons.